The van der Waals surface area contributed by atoms with Crippen molar-refractivity contribution in [3.63, 3.8) is 0 Å². The summed E-state index contributed by atoms with van der Waals surface area (Å²) in [6, 6.07) is 12.5. The predicted molar refractivity (Wildman–Crippen MR) is 142 cm³/mol. The van der Waals surface area contributed by atoms with Crippen molar-refractivity contribution < 1.29 is 14.3 Å². The summed E-state index contributed by atoms with van der Waals surface area (Å²) in [5, 5.41) is 8.27. The Bertz CT molecular complexity index is 1110. The van der Waals surface area contributed by atoms with Crippen LogP contribution in [0.3, 0.4) is 0 Å². The van der Waals surface area contributed by atoms with Crippen LogP contribution in [-0.4, -0.2) is 24.8 Å². The predicted octanol–water partition coefficient (Wildman–Crippen LogP) is 6.14. The minimum atomic E-state index is -0.472. The highest BCUT2D eigenvalue weighted by molar-refractivity contribution is 6.43. The molecule has 0 radical (unpaired) electrons. The van der Waals surface area contributed by atoms with Gasteiger partial charge in [-0.2, -0.15) is 0 Å². The molecular formula is C26H32Cl2N4O3. The average Bonchev–Trinajstić information content (AvgIpc) is 3.21. The van der Waals surface area contributed by atoms with Crippen molar-refractivity contribution in [1.29, 1.82) is 0 Å². The lowest BCUT2D eigenvalue weighted by Gasteiger charge is -2.30. The van der Waals surface area contributed by atoms with E-state index < -0.39 is 12.2 Å². The Morgan fingerprint density at radius 2 is 1.89 bits per heavy atom. The van der Waals surface area contributed by atoms with Crippen LogP contribution in [0, 0.1) is 11.3 Å². The van der Waals surface area contributed by atoms with Crippen molar-refractivity contribution in [3.05, 3.63) is 69.8 Å². The molecule has 1 aliphatic heterocycles. The third kappa shape index (κ3) is 6.83. The van der Waals surface area contributed by atoms with Crippen molar-refractivity contribution in [2.24, 2.45) is 11.3 Å². The second kappa shape index (κ2) is 11.2. The molecule has 2 atom stereocenters. The van der Waals surface area contributed by atoms with Gasteiger partial charge in [0.2, 0.25) is 0 Å². The third-order valence-electron chi connectivity index (χ3n) is 5.55. The van der Waals surface area contributed by atoms with E-state index in [2.05, 4.69) is 36.8 Å². The molecule has 1 heterocycles. The van der Waals surface area contributed by atoms with E-state index in [4.69, 9.17) is 27.9 Å². The summed E-state index contributed by atoms with van der Waals surface area (Å²) in [5.74, 6) is -0.480. The number of esters is 1. The second-order valence-corrected chi connectivity index (χ2v) is 10.3. The van der Waals surface area contributed by atoms with Gasteiger partial charge >= 0.3 is 12.0 Å². The maximum atomic E-state index is 12.9. The average molecular weight is 519 g/mol. The number of nitrogens with one attached hydrogen (secondary N) is 3. The number of amides is 2. The first kappa shape index (κ1) is 26.7. The number of halogens is 2. The number of urea groups is 1. The summed E-state index contributed by atoms with van der Waals surface area (Å²) >= 11 is 12.3. The Hall–Kier alpha value is -2.90. The Labute approximate surface area is 216 Å². The van der Waals surface area contributed by atoms with Crippen molar-refractivity contribution in [2.75, 3.05) is 16.9 Å². The molecule has 7 nitrogen and oxygen atoms in total. The zero-order valence-electron chi connectivity index (χ0n) is 20.6. The molecule has 2 aromatic carbocycles. The molecule has 2 amide bonds. The maximum Gasteiger partial charge on any atom is 0.321 e. The van der Waals surface area contributed by atoms with E-state index in [1.54, 1.807) is 25.1 Å². The molecule has 188 valence electrons. The minimum absolute atomic E-state index is 0.169. The van der Waals surface area contributed by atoms with Crippen molar-refractivity contribution >= 4 is 46.6 Å². The van der Waals surface area contributed by atoms with Crippen LogP contribution in [-0.2, 0) is 16.0 Å². The van der Waals surface area contributed by atoms with Gasteiger partial charge in [0.05, 0.1) is 33.9 Å². The van der Waals surface area contributed by atoms with Gasteiger partial charge in [-0.1, -0.05) is 69.1 Å². The van der Waals surface area contributed by atoms with E-state index in [9.17, 15) is 9.59 Å². The lowest BCUT2D eigenvalue weighted by atomic mass is 9.92. The smallest absolute Gasteiger partial charge is 0.321 e. The Kier molecular flexibility index (Phi) is 8.56. The van der Waals surface area contributed by atoms with Crippen LogP contribution in [0.4, 0.5) is 16.2 Å². The molecule has 0 aromatic heterocycles. The summed E-state index contributed by atoms with van der Waals surface area (Å²) in [6.45, 7) is 10.3. The molecular weight excluding hydrogens is 487 g/mol. The van der Waals surface area contributed by atoms with Crippen LogP contribution < -0.4 is 21.1 Å². The number of allylic oxidation sites excluding steroid dienone is 1. The molecule has 2 aromatic rings. The van der Waals surface area contributed by atoms with E-state index in [1.807, 2.05) is 42.3 Å². The van der Waals surface area contributed by atoms with Crippen LogP contribution >= 0.6 is 23.2 Å². The fourth-order valence-corrected chi connectivity index (χ4v) is 4.01. The van der Waals surface area contributed by atoms with E-state index in [-0.39, 0.29) is 22.3 Å². The molecule has 2 unspecified atom stereocenters. The van der Waals surface area contributed by atoms with E-state index in [0.29, 0.717) is 23.7 Å². The van der Waals surface area contributed by atoms with Crippen LogP contribution in [0.2, 0.25) is 10.0 Å². The molecule has 9 heteroatoms. The SMILES string of the molecule is CCOC(=O)C(C)Cc1cccc(N2NC(C(C)(C)C)=CC2NC(=O)Nc2cccc(Cl)c2Cl)c1. The highest BCUT2D eigenvalue weighted by Crippen LogP contribution is 2.32. The van der Waals surface area contributed by atoms with Gasteiger partial charge in [0.1, 0.15) is 6.17 Å². The number of hydrogen-bond acceptors (Lipinski definition) is 5. The van der Waals surface area contributed by atoms with E-state index in [1.165, 1.54) is 0 Å². The Morgan fingerprint density at radius 3 is 2.57 bits per heavy atom. The molecule has 0 saturated heterocycles. The number of benzene rings is 2. The highest BCUT2D eigenvalue weighted by Gasteiger charge is 2.32. The standard InChI is InChI=1S/C26H32Cl2N4O3/c1-6-35-24(33)16(2)13-17-9-7-10-18(14-17)32-22(15-21(31-32)26(3,4)5)30-25(34)29-20-12-8-11-19(27)23(20)28/h7-12,14-16,22,31H,6,13H2,1-5H3,(H2,29,30,34). The quantitative estimate of drug-likeness (QED) is 0.383. The fraction of sp³-hybridized carbons (Fsp3) is 0.385. The number of rotatable bonds is 7. The van der Waals surface area contributed by atoms with E-state index in [0.717, 1.165) is 16.9 Å². The largest absolute Gasteiger partial charge is 0.466 e. The Morgan fingerprint density at radius 1 is 1.17 bits per heavy atom. The van der Waals surface area contributed by atoms with Crippen LogP contribution in [0.5, 0.6) is 0 Å². The third-order valence-corrected chi connectivity index (χ3v) is 6.37. The van der Waals surface area contributed by atoms with Crippen molar-refractivity contribution in [2.45, 2.75) is 47.2 Å². The zero-order chi connectivity index (χ0) is 25.8. The lowest BCUT2D eigenvalue weighted by Crippen LogP contribution is -2.50. The van der Waals surface area contributed by atoms with Gasteiger partial charge in [-0.05, 0) is 49.2 Å². The lowest BCUT2D eigenvalue weighted by molar-refractivity contribution is -0.147. The number of hydrazine groups is 1. The summed E-state index contributed by atoms with van der Waals surface area (Å²) in [6.07, 6.45) is 2.05. The van der Waals surface area contributed by atoms with Crippen LogP contribution in [0.25, 0.3) is 0 Å². The summed E-state index contributed by atoms with van der Waals surface area (Å²) in [4.78, 5) is 24.9. The fourth-order valence-electron chi connectivity index (χ4n) is 3.67. The van der Waals surface area contributed by atoms with Crippen LogP contribution in [0.1, 0.15) is 40.2 Å². The number of nitrogens with zero attached hydrogens (tertiary/aromatic N) is 1. The number of carbonyl (C=O) groups is 2. The number of ether oxygens (including phenoxy) is 1. The van der Waals surface area contributed by atoms with Gasteiger partial charge in [0.15, 0.2) is 0 Å². The first-order valence-corrected chi connectivity index (χ1v) is 12.3. The van der Waals surface area contributed by atoms with Gasteiger partial charge in [0.25, 0.3) is 0 Å². The van der Waals surface area contributed by atoms with Gasteiger partial charge < -0.3 is 15.4 Å². The summed E-state index contributed by atoms with van der Waals surface area (Å²) in [5.41, 5.74) is 6.48. The van der Waals surface area contributed by atoms with Crippen molar-refractivity contribution in [1.82, 2.24) is 10.7 Å². The topological polar surface area (TPSA) is 82.7 Å². The molecule has 0 spiro atoms. The van der Waals surface area contributed by atoms with Crippen LogP contribution in [0.15, 0.2) is 54.2 Å². The normalized spacial score (nSPS) is 16.3. The molecule has 1 aliphatic rings. The Balaban J connectivity index is 1.80. The van der Waals surface area contributed by atoms with Gasteiger partial charge in [-0.15, -0.1) is 0 Å². The number of anilines is 2. The number of carbonyl (C=O) groups excluding carboxylic acids is 2. The van der Waals surface area contributed by atoms with Gasteiger partial charge in [-0.25, -0.2) is 4.79 Å². The summed E-state index contributed by atoms with van der Waals surface area (Å²) < 4.78 is 5.14. The van der Waals surface area contributed by atoms with Gasteiger partial charge in [0, 0.05) is 11.1 Å². The number of hydrogen-bond donors (Lipinski definition) is 3. The minimum Gasteiger partial charge on any atom is -0.466 e. The molecule has 0 bridgehead atoms. The first-order valence-electron chi connectivity index (χ1n) is 11.5. The molecule has 0 fully saturated rings. The molecule has 3 rings (SSSR count). The van der Waals surface area contributed by atoms with E-state index >= 15 is 0 Å². The first-order chi connectivity index (χ1) is 16.5. The second-order valence-electron chi connectivity index (χ2n) is 9.48. The van der Waals surface area contributed by atoms with Crippen molar-refractivity contribution in [3.8, 4) is 0 Å². The van der Waals surface area contributed by atoms with Gasteiger partial charge in [-0.3, -0.25) is 15.2 Å². The molecule has 3 N–H and O–H groups in total. The maximum absolute atomic E-state index is 12.9. The molecule has 35 heavy (non-hydrogen) atoms. The molecule has 0 saturated carbocycles. The summed E-state index contributed by atoms with van der Waals surface area (Å²) in [7, 11) is 0. The zero-order valence-corrected chi connectivity index (χ0v) is 22.1. The molecule has 0 aliphatic carbocycles. The highest BCUT2D eigenvalue weighted by atomic mass is 35.5. The monoisotopic (exact) mass is 518 g/mol.